The second kappa shape index (κ2) is 6.09. The van der Waals surface area contributed by atoms with E-state index in [0.29, 0.717) is 0 Å². The van der Waals surface area contributed by atoms with E-state index in [9.17, 15) is 5.11 Å². The van der Waals surface area contributed by atoms with Crippen LogP contribution in [0.1, 0.15) is 18.5 Å². The van der Waals surface area contributed by atoms with E-state index in [1.807, 2.05) is 30.3 Å². The van der Waals surface area contributed by atoms with Gasteiger partial charge in [-0.25, -0.2) is 0 Å². The summed E-state index contributed by atoms with van der Waals surface area (Å²) in [6.07, 6.45) is 0. The van der Waals surface area contributed by atoms with E-state index in [1.54, 1.807) is 6.92 Å². The first-order valence-electron chi connectivity index (χ1n) is 5.08. The lowest BCUT2D eigenvalue weighted by molar-refractivity contribution is 0.240. The van der Waals surface area contributed by atoms with Crippen LogP contribution in [-0.2, 0) is 0 Å². The molecule has 0 saturated heterocycles. The molecule has 5 heteroatoms. The average molecular weight is 223 g/mol. The minimum Gasteiger partial charge on any atom is -0.409 e. The van der Waals surface area contributed by atoms with Crippen LogP contribution in [0, 0.1) is 0 Å². The Morgan fingerprint density at radius 2 is 2.06 bits per heavy atom. The Morgan fingerprint density at radius 3 is 2.56 bits per heavy atom. The number of rotatable bonds is 5. The zero-order valence-electron chi connectivity index (χ0n) is 9.17. The lowest BCUT2D eigenvalue weighted by Gasteiger charge is -2.21. The number of nitrogens with two attached hydrogens (primary N) is 1. The van der Waals surface area contributed by atoms with E-state index in [2.05, 4.69) is 10.5 Å². The first-order valence-corrected chi connectivity index (χ1v) is 5.08. The lowest BCUT2D eigenvalue weighted by atomic mass is 10.1. The Labute approximate surface area is 94.6 Å². The summed E-state index contributed by atoms with van der Waals surface area (Å²) in [6, 6.07) is 8.99. The second-order valence-corrected chi connectivity index (χ2v) is 3.56. The zero-order chi connectivity index (χ0) is 12.0. The molecule has 0 aromatic heterocycles. The fourth-order valence-corrected chi connectivity index (χ4v) is 1.41. The largest absolute Gasteiger partial charge is 0.409 e. The Balaban J connectivity index is 2.70. The summed E-state index contributed by atoms with van der Waals surface area (Å²) in [7, 11) is 0. The molecule has 0 aliphatic heterocycles. The highest BCUT2D eigenvalue weighted by molar-refractivity contribution is 5.84. The topological polar surface area (TPSA) is 90.9 Å². The highest BCUT2D eigenvalue weighted by atomic mass is 16.4. The molecule has 0 amide bonds. The standard InChI is InChI=1S/C11H17N3O2/c1-8(11(12)14-16)13-10(7-15)9-5-3-2-4-6-9/h2-6,8,10,13,15-16H,7H2,1H3,(H2,12,14). The van der Waals surface area contributed by atoms with E-state index in [4.69, 9.17) is 10.9 Å². The van der Waals surface area contributed by atoms with Gasteiger partial charge in [-0.05, 0) is 12.5 Å². The molecule has 0 fully saturated rings. The van der Waals surface area contributed by atoms with E-state index in [-0.39, 0.29) is 24.5 Å². The van der Waals surface area contributed by atoms with Gasteiger partial charge in [0.15, 0.2) is 5.84 Å². The smallest absolute Gasteiger partial charge is 0.156 e. The number of hydrogen-bond donors (Lipinski definition) is 4. The molecule has 2 atom stereocenters. The van der Waals surface area contributed by atoms with Gasteiger partial charge in [0, 0.05) is 0 Å². The van der Waals surface area contributed by atoms with Crippen LogP contribution in [0.2, 0.25) is 0 Å². The van der Waals surface area contributed by atoms with Crippen LogP contribution in [0.4, 0.5) is 0 Å². The van der Waals surface area contributed by atoms with E-state index < -0.39 is 0 Å². The Bertz CT molecular complexity index is 340. The number of nitrogens with one attached hydrogen (secondary N) is 1. The molecule has 0 aliphatic carbocycles. The number of benzene rings is 1. The van der Waals surface area contributed by atoms with Crippen molar-refractivity contribution in [3.8, 4) is 0 Å². The summed E-state index contributed by atoms with van der Waals surface area (Å²) >= 11 is 0. The number of aliphatic hydroxyl groups excluding tert-OH is 1. The molecule has 5 N–H and O–H groups in total. The molecule has 1 aromatic carbocycles. The molecule has 0 bridgehead atoms. The van der Waals surface area contributed by atoms with Crippen LogP contribution >= 0.6 is 0 Å². The fourth-order valence-electron chi connectivity index (χ4n) is 1.41. The Hall–Kier alpha value is -1.59. The maximum absolute atomic E-state index is 9.28. The maximum Gasteiger partial charge on any atom is 0.156 e. The Kier molecular flexibility index (Phi) is 4.75. The van der Waals surface area contributed by atoms with Crippen LogP contribution in [0.5, 0.6) is 0 Å². The van der Waals surface area contributed by atoms with Gasteiger partial charge in [-0.2, -0.15) is 0 Å². The van der Waals surface area contributed by atoms with Gasteiger partial charge >= 0.3 is 0 Å². The van der Waals surface area contributed by atoms with Gasteiger partial charge in [-0.3, -0.25) is 5.32 Å². The van der Waals surface area contributed by atoms with Crippen molar-refractivity contribution in [3.05, 3.63) is 35.9 Å². The van der Waals surface area contributed by atoms with Gasteiger partial charge in [0.05, 0.1) is 18.7 Å². The number of aliphatic hydroxyl groups is 1. The minimum atomic E-state index is -0.303. The molecule has 16 heavy (non-hydrogen) atoms. The molecular weight excluding hydrogens is 206 g/mol. The van der Waals surface area contributed by atoms with Crippen LogP contribution in [0.3, 0.4) is 0 Å². The number of nitrogens with zero attached hydrogens (tertiary/aromatic N) is 1. The van der Waals surface area contributed by atoms with Gasteiger partial charge in [0.1, 0.15) is 0 Å². The summed E-state index contributed by atoms with van der Waals surface area (Å²) in [5, 5.41) is 23.8. The third kappa shape index (κ3) is 3.22. The van der Waals surface area contributed by atoms with Crippen LogP contribution in [-0.4, -0.2) is 28.8 Å². The molecule has 0 radical (unpaired) electrons. The number of hydrogen-bond acceptors (Lipinski definition) is 4. The van der Waals surface area contributed by atoms with E-state index >= 15 is 0 Å². The third-order valence-corrected chi connectivity index (χ3v) is 2.39. The molecule has 0 heterocycles. The number of oxime groups is 1. The second-order valence-electron chi connectivity index (χ2n) is 3.56. The first kappa shape index (κ1) is 12.5. The number of amidine groups is 1. The molecule has 0 saturated carbocycles. The lowest BCUT2D eigenvalue weighted by Crippen LogP contribution is -2.42. The van der Waals surface area contributed by atoms with Gasteiger partial charge in [0.2, 0.25) is 0 Å². The molecular formula is C11H17N3O2. The minimum absolute atomic E-state index is 0.0485. The molecule has 1 rings (SSSR count). The van der Waals surface area contributed by atoms with Crippen molar-refractivity contribution in [2.45, 2.75) is 19.0 Å². The van der Waals surface area contributed by atoms with Gasteiger partial charge < -0.3 is 16.0 Å². The summed E-state index contributed by atoms with van der Waals surface area (Å²) in [5.41, 5.74) is 6.41. The van der Waals surface area contributed by atoms with Crippen molar-refractivity contribution >= 4 is 5.84 Å². The van der Waals surface area contributed by atoms with Gasteiger partial charge in [-0.15, -0.1) is 0 Å². The summed E-state index contributed by atoms with van der Waals surface area (Å²) in [4.78, 5) is 0. The van der Waals surface area contributed by atoms with Crippen LogP contribution in [0.25, 0.3) is 0 Å². The van der Waals surface area contributed by atoms with Crippen molar-refractivity contribution in [3.63, 3.8) is 0 Å². The van der Waals surface area contributed by atoms with Crippen LogP contribution < -0.4 is 11.1 Å². The summed E-state index contributed by atoms with van der Waals surface area (Å²) in [5.74, 6) is 0.0920. The average Bonchev–Trinajstić information content (AvgIpc) is 2.35. The molecule has 5 nitrogen and oxygen atoms in total. The normalized spacial score (nSPS) is 15.8. The zero-order valence-corrected chi connectivity index (χ0v) is 9.17. The predicted octanol–water partition coefficient (Wildman–Crippen LogP) is 0.445. The van der Waals surface area contributed by atoms with Gasteiger partial charge in [0.25, 0.3) is 0 Å². The fraction of sp³-hybridized carbons (Fsp3) is 0.364. The third-order valence-electron chi connectivity index (χ3n) is 2.39. The summed E-state index contributed by atoms with van der Waals surface area (Å²) < 4.78 is 0. The van der Waals surface area contributed by atoms with Crippen LogP contribution in [0.15, 0.2) is 35.5 Å². The predicted molar refractivity (Wildman–Crippen MR) is 62.3 cm³/mol. The quantitative estimate of drug-likeness (QED) is 0.252. The van der Waals surface area contributed by atoms with Crippen molar-refractivity contribution in [2.75, 3.05) is 6.61 Å². The summed E-state index contributed by atoms with van der Waals surface area (Å²) in [6.45, 7) is 1.72. The molecule has 1 aromatic rings. The monoisotopic (exact) mass is 223 g/mol. The first-order chi connectivity index (χ1) is 7.69. The van der Waals surface area contributed by atoms with E-state index in [0.717, 1.165) is 5.56 Å². The van der Waals surface area contributed by atoms with Crippen molar-refractivity contribution in [1.29, 1.82) is 0 Å². The van der Waals surface area contributed by atoms with Crippen molar-refractivity contribution < 1.29 is 10.3 Å². The van der Waals surface area contributed by atoms with E-state index in [1.165, 1.54) is 0 Å². The highest BCUT2D eigenvalue weighted by Gasteiger charge is 2.15. The van der Waals surface area contributed by atoms with Gasteiger partial charge in [-0.1, -0.05) is 35.5 Å². The maximum atomic E-state index is 9.28. The highest BCUT2D eigenvalue weighted by Crippen LogP contribution is 2.12. The molecule has 2 unspecified atom stereocenters. The molecule has 0 aliphatic rings. The molecule has 88 valence electrons. The SMILES string of the molecule is CC(NC(CO)c1ccccc1)C(N)=NO. The molecule has 0 spiro atoms. The van der Waals surface area contributed by atoms with Crippen molar-refractivity contribution in [2.24, 2.45) is 10.9 Å². The van der Waals surface area contributed by atoms with Crippen molar-refractivity contribution in [1.82, 2.24) is 5.32 Å². The Morgan fingerprint density at radius 1 is 1.44 bits per heavy atom.